The van der Waals surface area contributed by atoms with Crippen LogP contribution in [0.1, 0.15) is 30.0 Å². The number of hydrogen-bond acceptors (Lipinski definition) is 4. The molecule has 3 aromatic rings. The van der Waals surface area contributed by atoms with E-state index in [2.05, 4.69) is 55.5 Å². The highest BCUT2D eigenvalue weighted by molar-refractivity contribution is 6.11. The molecule has 0 amide bonds. The van der Waals surface area contributed by atoms with Crippen molar-refractivity contribution in [3.05, 3.63) is 95.6 Å². The summed E-state index contributed by atoms with van der Waals surface area (Å²) in [4.78, 5) is 0. The number of aliphatic hydroxyl groups is 1. The second-order valence-electron chi connectivity index (χ2n) is 8.66. The van der Waals surface area contributed by atoms with Crippen molar-refractivity contribution in [2.75, 3.05) is 14.2 Å². The first kappa shape index (κ1) is 22.4. The number of ether oxygens (including phenoxy) is 3. The van der Waals surface area contributed by atoms with Gasteiger partial charge in [0.25, 0.3) is 0 Å². The topological polar surface area (TPSA) is 47.9 Å². The van der Waals surface area contributed by atoms with E-state index in [4.69, 9.17) is 14.2 Å². The van der Waals surface area contributed by atoms with Crippen molar-refractivity contribution in [3.8, 4) is 11.5 Å². The molecule has 0 spiro atoms. The smallest absolute Gasteiger partial charge is 0.139 e. The molecule has 1 unspecified atom stereocenters. The Kier molecular flexibility index (Phi) is 6.59. The van der Waals surface area contributed by atoms with Gasteiger partial charge in [-0.2, -0.15) is 0 Å². The van der Waals surface area contributed by atoms with Crippen LogP contribution in [0, 0.1) is 5.92 Å². The minimum Gasteiger partial charge on any atom is -0.497 e. The highest BCUT2D eigenvalue weighted by Crippen LogP contribution is 2.46. The standard InChI is InChI=1S/C27H31BO4/c1-18-25(29)24(32-26(18)28)17-27(19-7-5-4-6-8-19,20-9-13-22(30-2)14-10-20)21-11-15-23(31-3)16-12-21/h4-16,18,24-26,29H,17,28H2,1-3H3/t18-,24+,25?,26+/m0/s1. The molecule has 1 aliphatic heterocycles. The summed E-state index contributed by atoms with van der Waals surface area (Å²) in [6, 6.07) is 26.9. The summed E-state index contributed by atoms with van der Waals surface area (Å²) < 4.78 is 17.1. The molecule has 0 radical (unpaired) electrons. The molecule has 0 bridgehead atoms. The van der Waals surface area contributed by atoms with E-state index < -0.39 is 11.5 Å². The first-order valence-electron chi connectivity index (χ1n) is 11.2. The molecular formula is C27H31BO4. The second-order valence-corrected chi connectivity index (χ2v) is 8.66. The van der Waals surface area contributed by atoms with Crippen LogP contribution in [0.15, 0.2) is 78.9 Å². The van der Waals surface area contributed by atoms with Crippen molar-refractivity contribution < 1.29 is 19.3 Å². The Balaban J connectivity index is 1.92. The predicted molar refractivity (Wildman–Crippen MR) is 129 cm³/mol. The summed E-state index contributed by atoms with van der Waals surface area (Å²) in [7, 11) is 5.39. The molecule has 0 saturated carbocycles. The normalized spacial score (nSPS) is 23.1. The Morgan fingerprint density at radius 3 is 1.69 bits per heavy atom. The molecule has 166 valence electrons. The van der Waals surface area contributed by atoms with Gasteiger partial charge in [-0.1, -0.05) is 61.5 Å². The van der Waals surface area contributed by atoms with Crippen LogP contribution in [-0.2, 0) is 10.2 Å². The maximum absolute atomic E-state index is 11.0. The van der Waals surface area contributed by atoms with E-state index in [1.807, 2.05) is 38.2 Å². The Morgan fingerprint density at radius 2 is 1.28 bits per heavy atom. The lowest BCUT2D eigenvalue weighted by Crippen LogP contribution is -2.38. The first-order valence-corrected chi connectivity index (χ1v) is 11.2. The van der Waals surface area contributed by atoms with Crippen LogP contribution in [0.5, 0.6) is 11.5 Å². The van der Waals surface area contributed by atoms with Crippen molar-refractivity contribution in [2.24, 2.45) is 5.92 Å². The van der Waals surface area contributed by atoms with Gasteiger partial charge in [-0.05, 0) is 47.4 Å². The fraction of sp³-hybridized carbons (Fsp3) is 0.333. The first-order chi connectivity index (χ1) is 15.5. The van der Waals surface area contributed by atoms with Crippen LogP contribution in [0.4, 0.5) is 0 Å². The lowest BCUT2D eigenvalue weighted by molar-refractivity contribution is 0.0178. The van der Waals surface area contributed by atoms with Gasteiger partial charge in [-0.25, -0.2) is 0 Å². The highest BCUT2D eigenvalue weighted by atomic mass is 16.5. The Hall–Kier alpha value is -2.76. The minimum atomic E-state index is -0.524. The van der Waals surface area contributed by atoms with E-state index in [1.165, 1.54) is 0 Å². The fourth-order valence-electron chi connectivity index (χ4n) is 4.89. The van der Waals surface area contributed by atoms with Gasteiger partial charge in [0.1, 0.15) is 19.3 Å². The zero-order chi connectivity index (χ0) is 22.7. The zero-order valence-electron chi connectivity index (χ0n) is 19.2. The summed E-state index contributed by atoms with van der Waals surface area (Å²) in [6.45, 7) is 2.06. The summed E-state index contributed by atoms with van der Waals surface area (Å²) in [5, 5.41) is 11.0. The molecule has 1 heterocycles. The Morgan fingerprint density at radius 1 is 0.812 bits per heavy atom. The molecule has 1 saturated heterocycles. The molecule has 1 aliphatic rings. The van der Waals surface area contributed by atoms with Gasteiger partial charge >= 0.3 is 0 Å². The van der Waals surface area contributed by atoms with Crippen LogP contribution in [0.3, 0.4) is 0 Å². The molecule has 4 rings (SSSR count). The SMILES string of the molecule is B[C@@H]1O[C@H](CC(c2ccccc2)(c2ccc(OC)cc2)c2ccc(OC)cc2)C(O)[C@@H]1C. The van der Waals surface area contributed by atoms with E-state index in [0.717, 1.165) is 28.2 Å². The van der Waals surface area contributed by atoms with Gasteiger partial charge in [0.05, 0.1) is 26.4 Å². The molecule has 4 atom stereocenters. The molecule has 1 fully saturated rings. The maximum Gasteiger partial charge on any atom is 0.139 e. The van der Waals surface area contributed by atoms with Crippen molar-refractivity contribution in [1.29, 1.82) is 0 Å². The minimum absolute atomic E-state index is 0.00945. The molecule has 0 aromatic heterocycles. The van der Waals surface area contributed by atoms with Crippen LogP contribution in [0.25, 0.3) is 0 Å². The number of aliphatic hydroxyl groups excluding tert-OH is 1. The molecule has 32 heavy (non-hydrogen) atoms. The quantitative estimate of drug-likeness (QED) is 0.458. The predicted octanol–water partition coefficient (Wildman–Crippen LogP) is 3.78. The number of benzene rings is 3. The van der Waals surface area contributed by atoms with E-state index in [1.54, 1.807) is 14.2 Å². The van der Waals surface area contributed by atoms with Gasteiger partial charge in [0.2, 0.25) is 0 Å². The third kappa shape index (κ3) is 4.03. The van der Waals surface area contributed by atoms with Gasteiger partial charge in [0.15, 0.2) is 0 Å². The van der Waals surface area contributed by atoms with Crippen molar-refractivity contribution in [3.63, 3.8) is 0 Å². The summed E-state index contributed by atoms with van der Waals surface area (Å²) in [5.41, 5.74) is 2.88. The van der Waals surface area contributed by atoms with Crippen molar-refractivity contribution in [1.82, 2.24) is 0 Å². The summed E-state index contributed by atoms with van der Waals surface area (Å²) in [5.74, 6) is 1.70. The molecule has 4 nitrogen and oxygen atoms in total. The van der Waals surface area contributed by atoms with Gasteiger partial charge in [-0.15, -0.1) is 0 Å². The summed E-state index contributed by atoms with van der Waals surface area (Å²) >= 11 is 0. The Bertz CT molecular complexity index is 957. The largest absolute Gasteiger partial charge is 0.497 e. The van der Waals surface area contributed by atoms with Gasteiger partial charge in [0, 0.05) is 17.3 Å². The second kappa shape index (κ2) is 9.39. The van der Waals surface area contributed by atoms with E-state index in [9.17, 15) is 5.11 Å². The van der Waals surface area contributed by atoms with Crippen LogP contribution in [0.2, 0.25) is 0 Å². The average Bonchev–Trinajstić information content (AvgIpc) is 3.09. The van der Waals surface area contributed by atoms with E-state index >= 15 is 0 Å². The van der Waals surface area contributed by atoms with Gasteiger partial charge in [-0.3, -0.25) is 0 Å². The highest BCUT2D eigenvalue weighted by Gasteiger charge is 2.46. The third-order valence-corrected chi connectivity index (χ3v) is 6.99. The van der Waals surface area contributed by atoms with Crippen molar-refractivity contribution in [2.45, 2.75) is 37.0 Å². The number of hydrogen-bond donors (Lipinski definition) is 1. The Labute approximate surface area is 191 Å². The van der Waals surface area contributed by atoms with Crippen molar-refractivity contribution >= 4 is 7.85 Å². The van der Waals surface area contributed by atoms with Crippen LogP contribution < -0.4 is 9.47 Å². The number of methoxy groups -OCH3 is 2. The van der Waals surface area contributed by atoms with Gasteiger partial charge < -0.3 is 19.3 Å². The molecule has 0 aliphatic carbocycles. The monoisotopic (exact) mass is 430 g/mol. The summed E-state index contributed by atoms with van der Waals surface area (Å²) in [6.07, 6.45) is -0.195. The lowest BCUT2D eigenvalue weighted by Gasteiger charge is -2.38. The third-order valence-electron chi connectivity index (χ3n) is 6.99. The molecule has 3 aromatic carbocycles. The number of rotatable bonds is 7. The fourth-order valence-corrected chi connectivity index (χ4v) is 4.89. The molecule has 5 heteroatoms. The maximum atomic E-state index is 11.0. The lowest BCUT2D eigenvalue weighted by atomic mass is 9.65. The van der Waals surface area contributed by atoms with E-state index in [0.29, 0.717) is 6.42 Å². The average molecular weight is 430 g/mol. The molecular weight excluding hydrogens is 399 g/mol. The van der Waals surface area contributed by atoms with Crippen LogP contribution in [-0.4, -0.2) is 45.4 Å². The van der Waals surface area contributed by atoms with E-state index in [-0.39, 0.29) is 18.0 Å². The molecule has 1 N–H and O–H groups in total. The van der Waals surface area contributed by atoms with Crippen LogP contribution >= 0.6 is 0 Å². The zero-order valence-corrected chi connectivity index (χ0v) is 19.2.